The van der Waals surface area contributed by atoms with Gasteiger partial charge in [-0.2, -0.15) is 0 Å². The molecule has 0 rings (SSSR count). The molecular weight excluding hydrogens is 380 g/mol. The van der Waals surface area contributed by atoms with Crippen LogP contribution in [0.1, 0.15) is 53.4 Å². The van der Waals surface area contributed by atoms with Crippen molar-refractivity contribution in [1.82, 2.24) is 5.32 Å². The molecule has 0 saturated heterocycles. The molecule has 0 aromatic rings. The van der Waals surface area contributed by atoms with Crippen molar-refractivity contribution in [1.29, 1.82) is 0 Å². The lowest BCUT2D eigenvalue weighted by molar-refractivity contribution is -0.125. The van der Waals surface area contributed by atoms with Gasteiger partial charge in [0.05, 0.1) is 19.8 Å². The summed E-state index contributed by atoms with van der Waals surface area (Å²) in [7, 11) is 0. The van der Waals surface area contributed by atoms with E-state index in [1.807, 2.05) is 20.8 Å². The van der Waals surface area contributed by atoms with Crippen LogP contribution in [0.15, 0.2) is 23.4 Å². The fourth-order valence-electron chi connectivity index (χ4n) is 1.26. The molecule has 0 aliphatic rings. The van der Waals surface area contributed by atoms with E-state index in [1.165, 1.54) is 0 Å². The Morgan fingerprint density at radius 1 is 0.966 bits per heavy atom. The molecule has 0 fully saturated rings. The molecule has 0 aromatic heterocycles. The van der Waals surface area contributed by atoms with Gasteiger partial charge in [0.1, 0.15) is 17.2 Å². The first-order valence-electron chi connectivity index (χ1n) is 9.20. The van der Waals surface area contributed by atoms with Crippen molar-refractivity contribution in [2.75, 3.05) is 19.8 Å². The van der Waals surface area contributed by atoms with Gasteiger partial charge < -0.3 is 37.8 Å². The number of rotatable bonds is 10. The van der Waals surface area contributed by atoms with E-state index in [0.29, 0.717) is 24.5 Å². The van der Waals surface area contributed by atoms with Crippen LogP contribution in [0.25, 0.3) is 0 Å². The van der Waals surface area contributed by atoms with E-state index in [0.717, 1.165) is 0 Å². The molecule has 0 spiro atoms. The largest absolute Gasteiger partial charge is 0.394 e. The lowest BCUT2D eigenvalue weighted by Crippen LogP contribution is -2.57. The number of amides is 2. The highest BCUT2D eigenvalue weighted by Gasteiger charge is 2.29. The third-order valence-corrected chi connectivity index (χ3v) is 2.84. The van der Waals surface area contributed by atoms with E-state index < -0.39 is 37.2 Å². The average molecular weight is 421 g/mol. The minimum atomic E-state index is -1.41. The van der Waals surface area contributed by atoms with Gasteiger partial charge in [0.25, 0.3) is 0 Å². The first-order valence-corrected chi connectivity index (χ1v) is 9.20. The van der Waals surface area contributed by atoms with E-state index in [1.54, 1.807) is 6.92 Å². The molecule has 11 heteroatoms. The number of aliphatic hydroxyl groups is 3. The minimum Gasteiger partial charge on any atom is -0.394 e. The van der Waals surface area contributed by atoms with Gasteiger partial charge in [-0.3, -0.25) is 9.59 Å². The highest BCUT2D eigenvalue weighted by atomic mass is 16.3. The summed E-state index contributed by atoms with van der Waals surface area (Å²) in [6.07, 6.45) is 1.14. The zero-order chi connectivity index (χ0) is 23.9. The smallest absolute Gasteiger partial charge is 0.220 e. The number of nitrogens with two attached hydrogens (primary N) is 3. The predicted molar refractivity (Wildman–Crippen MR) is 117 cm³/mol. The summed E-state index contributed by atoms with van der Waals surface area (Å²) >= 11 is 0. The number of hydrogen-bond acceptors (Lipinski definition) is 7. The van der Waals surface area contributed by atoms with Crippen molar-refractivity contribution >= 4 is 23.5 Å². The van der Waals surface area contributed by atoms with Crippen LogP contribution in [-0.2, 0) is 9.59 Å². The third kappa shape index (κ3) is 23.5. The number of nitrogens with zero attached hydrogens (tertiary/aromatic N) is 2. The minimum absolute atomic E-state index is 0.0463. The van der Waals surface area contributed by atoms with Crippen molar-refractivity contribution in [3.8, 4) is 0 Å². The van der Waals surface area contributed by atoms with Crippen molar-refractivity contribution in [2.24, 2.45) is 27.4 Å². The van der Waals surface area contributed by atoms with Crippen LogP contribution in [0.2, 0.25) is 0 Å². The molecule has 0 aliphatic carbocycles. The number of amidine groups is 2. The van der Waals surface area contributed by atoms with Crippen molar-refractivity contribution < 1.29 is 24.9 Å². The fourth-order valence-corrected chi connectivity index (χ4v) is 1.26. The molecule has 11 nitrogen and oxygen atoms in total. The first kappa shape index (κ1) is 34.0. The van der Waals surface area contributed by atoms with Crippen LogP contribution in [-0.4, -0.2) is 64.2 Å². The van der Waals surface area contributed by atoms with Gasteiger partial charge in [-0.05, 0) is 13.3 Å². The second-order valence-electron chi connectivity index (χ2n) is 5.31. The van der Waals surface area contributed by atoms with Crippen LogP contribution in [0, 0.1) is 0 Å². The number of nitrogens with one attached hydrogen (secondary N) is 1. The summed E-state index contributed by atoms with van der Waals surface area (Å²) in [5.41, 5.74) is 14.0. The quantitative estimate of drug-likeness (QED) is 0.105. The van der Waals surface area contributed by atoms with E-state index in [-0.39, 0.29) is 12.8 Å². The molecule has 10 N–H and O–H groups in total. The summed E-state index contributed by atoms with van der Waals surface area (Å²) in [5, 5.41) is 36.3. The van der Waals surface area contributed by atoms with Crippen LogP contribution in [0.5, 0.6) is 0 Å². The van der Waals surface area contributed by atoms with Crippen LogP contribution in [0.4, 0.5) is 0 Å². The zero-order valence-electron chi connectivity index (χ0n) is 18.1. The van der Waals surface area contributed by atoms with Gasteiger partial charge in [-0.1, -0.05) is 20.8 Å². The average Bonchev–Trinajstić information content (AvgIpc) is 2.73. The number of hydrogen-bond donors (Lipinski definition) is 7. The summed E-state index contributed by atoms with van der Waals surface area (Å²) < 4.78 is 0. The Bertz CT molecular complexity index is 467. The Morgan fingerprint density at radius 2 is 1.41 bits per heavy atom. The highest BCUT2D eigenvalue weighted by Crippen LogP contribution is 2.03. The van der Waals surface area contributed by atoms with E-state index in [2.05, 4.69) is 28.7 Å². The van der Waals surface area contributed by atoms with Gasteiger partial charge in [0.2, 0.25) is 11.8 Å². The normalized spacial score (nSPS) is 10.9. The van der Waals surface area contributed by atoms with Gasteiger partial charge in [-0.15, -0.1) is 23.4 Å². The number of aliphatic hydroxyl groups excluding tert-OH is 3. The van der Waals surface area contributed by atoms with Gasteiger partial charge >= 0.3 is 0 Å². The van der Waals surface area contributed by atoms with Crippen molar-refractivity contribution in [3.63, 3.8) is 0 Å². The van der Waals surface area contributed by atoms with Crippen molar-refractivity contribution in [2.45, 2.75) is 58.9 Å². The molecule has 0 saturated carbocycles. The SMILES string of the molecule is C=C.CC.CC/C(N)=N/N=C(/C)N.NC(=O)CCCC(=O)NC(CO)(CO)CO. The maximum Gasteiger partial charge on any atom is 0.220 e. The summed E-state index contributed by atoms with van der Waals surface area (Å²) in [5.74, 6) is -0.0323. The Hall–Kier alpha value is -2.50. The molecule has 0 radical (unpaired) electrons. The Balaban J connectivity index is -0.000000203. The number of primary amides is 1. The number of carbonyl (C=O) groups is 2. The van der Waals surface area contributed by atoms with Crippen LogP contribution >= 0.6 is 0 Å². The topological polar surface area (TPSA) is 210 Å². The second-order valence-corrected chi connectivity index (χ2v) is 5.31. The maximum absolute atomic E-state index is 11.3. The molecule has 0 aromatic carbocycles. The molecule has 29 heavy (non-hydrogen) atoms. The van der Waals surface area contributed by atoms with Gasteiger partial charge in [0, 0.05) is 19.3 Å². The number of carbonyl (C=O) groups excluding carboxylic acids is 2. The lowest BCUT2D eigenvalue weighted by Gasteiger charge is -2.28. The van der Waals surface area contributed by atoms with Crippen LogP contribution in [0.3, 0.4) is 0 Å². The molecule has 172 valence electrons. The molecule has 0 atom stereocenters. The molecule has 0 aliphatic heterocycles. The summed E-state index contributed by atoms with van der Waals surface area (Å²) in [6.45, 7) is 11.9. The van der Waals surface area contributed by atoms with Gasteiger partial charge in [0.15, 0.2) is 0 Å². The molecule has 2 amide bonds. The second kappa shape index (κ2) is 23.5. The Kier molecular flexibility index (Phi) is 27.6. The lowest BCUT2D eigenvalue weighted by atomic mass is 10.0. The standard InChI is InChI=1S/C9H18N2O5.C5H12N4.C2H6.C2H4/c10-7(15)2-1-3-8(16)11-9(4-12,5-13)6-14;1-3-5(7)9-8-4(2)6;2*1-2/h12-14H,1-6H2,(H2,10,15)(H,11,16);3H2,1-2H3,(H2,6,8)(H2,7,9);1-2H3;1-2H2. The van der Waals surface area contributed by atoms with E-state index in [4.69, 9.17) is 32.5 Å². The molecule has 0 unspecified atom stereocenters. The fraction of sp³-hybridized carbons (Fsp3) is 0.667. The van der Waals surface area contributed by atoms with E-state index in [9.17, 15) is 9.59 Å². The third-order valence-electron chi connectivity index (χ3n) is 2.84. The van der Waals surface area contributed by atoms with Gasteiger partial charge in [-0.25, -0.2) is 0 Å². The Morgan fingerprint density at radius 3 is 1.72 bits per heavy atom. The van der Waals surface area contributed by atoms with E-state index >= 15 is 0 Å². The van der Waals surface area contributed by atoms with Crippen molar-refractivity contribution in [3.05, 3.63) is 13.2 Å². The highest BCUT2D eigenvalue weighted by molar-refractivity contribution is 5.82. The zero-order valence-corrected chi connectivity index (χ0v) is 18.1. The monoisotopic (exact) mass is 420 g/mol. The van der Waals surface area contributed by atoms with Crippen LogP contribution < -0.4 is 22.5 Å². The predicted octanol–water partition coefficient (Wildman–Crippen LogP) is -0.652. The maximum atomic E-state index is 11.3. The molecule has 0 bridgehead atoms. The molecular formula is C18H40N6O5. The first-order chi connectivity index (χ1) is 13.7. The summed E-state index contributed by atoms with van der Waals surface area (Å²) in [4.78, 5) is 21.7. The summed E-state index contributed by atoms with van der Waals surface area (Å²) in [6, 6.07) is 0. The molecule has 0 heterocycles. The Labute approximate surface area is 173 Å².